The van der Waals surface area contributed by atoms with Crippen LogP contribution >= 0.6 is 34.5 Å². The minimum Gasteiger partial charge on any atom is -0.494 e. The molecule has 9 heteroatoms. The van der Waals surface area contributed by atoms with Gasteiger partial charge >= 0.3 is 5.97 Å². The van der Waals surface area contributed by atoms with E-state index in [0.29, 0.717) is 43.0 Å². The number of halogens is 2. The highest BCUT2D eigenvalue weighted by Crippen LogP contribution is 2.32. The summed E-state index contributed by atoms with van der Waals surface area (Å²) in [5.41, 5.74) is 2.09. The fourth-order valence-corrected chi connectivity index (χ4v) is 5.24. The van der Waals surface area contributed by atoms with Gasteiger partial charge in [-0.05, 0) is 61.2 Å². The molecule has 4 rings (SSSR count). The maximum Gasteiger partial charge on any atom is 0.338 e. The molecule has 1 aromatic heterocycles. The predicted molar refractivity (Wildman–Crippen MR) is 144 cm³/mol. The molecule has 1 aliphatic rings. The third-order valence-electron chi connectivity index (χ3n) is 5.54. The first kappa shape index (κ1) is 26.2. The molecule has 0 radical (unpaired) electrons. The van der Waals surface area contributed by atoms with Crippen LogP contribution in [0.5, 0.6) is 5.75 Å². The van der Waals surface area contributed by atoms with Crippen LogP contribution in [0.15, 0.2) is 63.5 Å². The van der Waals surface area contributed by atoms with Crippen LogP contribution in [-0.2, 0) is 9.53 Å². The van der Waals surface area contributed by atoms with Gasteiger partial charge in [0.15, 0.2) is 4.80 Å². The average Bonchev–Trinajstić information content (AvgIpc) is 3.14. The second-order valence-electron chi connectivity index (χ2n) is 8.75. The van der Waals surface area contributed by atoms with Crippen LogP contribution in [0.4, 0.5) is 0 Å². The molecular weight excluding hydrogens is 519 g/mol. The molecule has 0 fully saturated rings. The summed E-state index contributed by atoms with van der Waals surface area (Å²) in [5.74, 6) is 0.395. The number of carbonyl (C=O) groups excluding carboxylic acids is 1. The van der Waals surface area contributed by atoms with Crippen molar-refractivity contribution in [3.8, 4) is 5.75 Å². The van der Waals surface area contributed by atoms with Gasteiger partial charge in [-0.2, -0.15) is 0 Å². The number of fused-ring (bicyclic) bond motifs is 1. The summed E-state index contributed by atoms with van der Waals surface area (Å²) in [6, 6.07) is 11.9. The van der Waals surface area contributed by atoms with Crippen molar-refractivity contribution in [3.05, 3.63) is 94.6 Å². The van der Waals surface area contributed by atoms with E-state index < -0.39 is 12.0 Å². The van der Waals surface area contributed by atoms with Crippen LogP contribution in [0.2, 0.25) is 10.0 Å². The number of hydrogen-bond acceptors (Lipinski definition) is 6. The SMILES string of the molecule is CCOc1ccc(C2C(C(=O)OCC(C)C)=C(C)N=c3sc(=Cc4ccc(Cl)c(Cl)c4)c(=O)n32)cc1. The van der Waals surface area contributed by atoms with E-state index in [4.69, 9.17) is 32.7 Å². The number of ether oxygens (including phenoxy) is 2. The molecule has 2 aromatic carbocycles. The summed E-state index contributed by atoms with van der Waals surface area (Å²) >= 11 is 13.5. The minimum absolute atomic E-state index is 0.172. The number of benzene rings is 2. The molecule has 0 N–H and O–H groups in total. The Balaban J connectivity index is 1.88. The van der Waals surface area contributed by atoms with Gasteiger partial charge in [0.05, 0.1) is 45.1 Å². The Kier molecular flexibility index (Phi) is 8.03. The van der Waals surface area contributed by atoms with E-state index in [2.05, 4.69) is 4.99 Å². The number of hydrogen-bond donors (Lipinski definition) is 0. The van der Waals surface area contributed by atoms with Crippen molar-refractivity contribution in [3.63, 3.8) is 0 Å². The molecule has 0 spiro atoms. The summed E-state index contributed by atoms with van der Waals surface area (Å²) in [7, 11) is 0. The fourth-order valence-electron chi connectivity index (χ4n) is 3.88. The van der Waals surface area contributed by atoms with E-state index in [9.17, 15) is 9.59 Å². The topological polar surface area (TPSA) is 69.9 Å². The first-order valence-electron chi connectivity index (χ1n) is 11.6. The van der Waals surface area contributed by atoms with E-state index in [1.807, 2.05) is 45.0 Å². The van der Waals surface area contributed by atoms with Crippen LogP contribution in [0.3, 0.4) is 0 Å². The van der Waals surface area contributed by atoms with Crippen molar-refractivity contribution in [2.45, 2.75) is 33.7 Å². The molecule has 0 amide bonds. The smallest absolute Gasteiger partial charge is 0.338 e. The number of allylic oxidation sites excluding steroid dienone is 1. The molecule has 0 saturated heterocycles. The average molecular weight is 545 g/mol. The first-order valence-corrected chi connectivity index (χ1v) is 13.1. The highest BCUT2D eigenvalue weighted by Gasteiger charge is 2.33. The molecule has 1 atom stereocenters. The second kappa shape index (κ2) is 11.0. The minimum atomic E-state index is -0.687. The van der Waals surface area contributed by atoms with Crippen molar-refractivity contribution in [1.82, 2.24) is 4.57 Å². The van der Waals surface area contributed by atoms with Gasteiger partial charge < -0.3 is 9.47 Å². The van der Waals surface area contributed by atoms with Crippen molar-refractivity contribution in [1.29, 1.82) is 0 Å². The van der Waals surface area contributed by atoms with Crippen LogP contribution in [-0.4, -0.2) is 23.8 Å². The van der Waals surface area contributed by atoms with Gasteiger partial charge in [-0.1, -0.05) is 66.6 Å². The molecule has 1 aliphatic heterocycles. The van der Waals surface area contributed by atoms with E-state index >= 15 is 0 Å². The summed E-state index contributed by atoms with van der Waals surface area (Å²) in [6.07, 6.45) is 1.75. The summed E-state index contributed by atoms with van der Waals surface area (Å²) in [4.78, 5) is 32.1. The van der Waals surface area contributed by atoms with Gasteiger partial charge in [-0.3, -0.25) is 9.36 Å². The molecule has 6 nitrogen and oxygen atoms in total. The zero-order valence-electron chi connectivity index (χ0n) is 20.4. The summed E-state index contributed by atoms with van der Waals surface area (Å²) < 4.78 is 13.2. The van der Waals surface area contributed by atoms with Crippen LogP contribution in [0.1, 0.15) is 44.9 Å². The first-order chi connectivity index (χ1) is 17.2. The Labute approximate surface area is 223 Å². The molecule has 36 heavy (non-hydrogen) atoms. The number of thiazole rings is 1. The zero-order valence-corrected chi connectivity index (χ0v) is 22.7. The molecule has 3 aromatic rings. The van der Waals surface area contributed by atoms with E-state index in [1.165, 1.54) is 11.3 Å². The summed E-state index contributed by atoms with van der Waals surface area (Å²) in [5, 5.41) is 0.836. The molecule has 1 unspecified atom stereocenters. The Morgan fingerprint density at radius 3 is 2.53 bits per heavy atom. The predicted octanol–water partition coefficient (Wildman–Crippen LogP) is 5.14. The van der Waals surface area contributed by atoms with Crippen molar-refractivity contribution in [2.75, 3.05) is 13.2 Å². The lowest BCUT2D eigenvalue weighted by Crippen LogP contribution is -2.40. The van der Waals surface area contributed by atoms with Gasteiger partial charge in [0.2, 0.25) is 0 Å². The van der Waals surface area contributed by atoms with Crippen molar-refractivity contribution >= 4 is 46.6 Å². The lowest BCUT2D eigenvalue weighted by molar-refractivity contribution is -0.140. The van der Waals surface area contributed by atoms with Gasteiger partial charge in [0.25, 0.3) is 5.56 Å². The lowest BCUT2D eigenvalue weighted by atomic mass is 9.96. The number of esters is 1. The Bertz CT molecular complexity index is 1500. The maximum atomic E-state index is 13.7. The van der Waals surface area contributed by atoms with Crippen LogP contribution < -0.4 is 19.6 Å². The third kappa shape index (κ3) is 5.43. The van der Waals surface area contributed by atoms with E-state index in [0.717, 1.165) is 11.1 Å². The number of rotatable bonds is 7. The normalized spacial score (nSPS) is 15.6. The van der Waals surface area contributed by atoms with Crippen molar-refractivity contribution < 1.29 is 14.3 Å². The monoisotopic (exact) mass is 544 g/mol. The van der Waals surface area contributed by atoms with Gasteiger partial charge in [0, 0.05) is 0 Å². The highest BCUT2D eigenvalue weighted by atomic mass is 35.5. The summed E-state index contributed by atoms with van der Waals surface area (Å²) in [6.45, 7) is 8.42. The molecule has 188 valence electrons. The molecule has 0 bridgehead atoms. The Hall–Kier alpha value is -2.87. The van der Waals surface area contributed by atoms with Crippen molar-refractivity contribution in [2.24, 2.45) is 10.9 Å². The highest BCUT2D eigenvalue weighted by molar-refractivity contribution is 7.07. The number of nitrogens with zero attached hydrogens (tertiary/aromatic N) is 2. The molecule has 0 aliphatic carbocycles. The third-order valence-corrected chi connectivity index (χ3v) is 7.26. The fraction of sp³-hybridized carbons (Fsp3) is 0.296. The van der Waals surface area contributed by atoms with Gasteiger partial charge in [-0.25, -0.2) is 9.79 Å². The molecule has 2 heterocycles. The van der Waals surface area contributed by atoms with Crippen LogP contribution in [0.25, 0.3) is 6.08 Å². The quantitative estimate of drug-likeness (QED) is 0.386. The van der Waals surface area contributed by atoms with E-state index in [1.54, 1.807) is 35.8 Å². The van der Waals surface area contributed by atoms with E-state index in [-0.39, 0.29) is 18.1 Å². The van der Waals surface area contributed by atoms with Gasteiger partial charge in [-0.15, -0.1) is 0 Å². The zero-order chi connectivity index (χ0) is 26.0. The molecular formula is C27H26Cl2N2O4S. The largest absolute Gasteiger partial charge is 0.494 e. The van der Waals surface area contributed by atoms with Crippen LogP contribution in [0, 0.1) is 5.92 Å². The number of aromatic nitrogens is 1. The number of carbonyl (C=O) groups is 1. The standard InChI is InChI=1S/C27H26Cl2N2O4S/c1-5-34-19-9-7-18(8-10-19)24-23(26(33)35-14-15(2)3)16(4)30-27-31(24)25(32)22(36-27)13-17-6-11-20(28)21(29)12-17/h6-13,15,24H,5,14H2,1-4H3. The molecule has 0 saturated carbocycles. The Morgan fingerprint density at radius 2 is 1.89 bits per heavy atom. The maximum absolute atomic E-state index is 13.7. The van der Waals surface area contributed by atoms with Gasteiger partial charge in [0.1, 0.15) is 5.75 Å². The Morgan fingerprint density at radius 1 is 1.17 bits per heavy atom. The second-order valence-corrected chi connectivity index (χ2v) is 10.6. The lowest BCUT2D eigenvalue weighted by Gasteiger charge is -2.25.